The minimum Gasteiger partial charge on any atom is -0.426 e. The van der Waals surface area contributed by atoms with Gasteiger partial charge >= 0.3 is 5.97 Å². The van der Waals surface area contributed by atoms with E-state index in [4.69, 9.17) is 4.74 Å². The Bertz CT molecular complexity index is 858. The molecule has 0 aromatic heterocycles. The Kier molecular flexibility index (Phi) is 5.64. The fourth-order valence-corrected chi connectivity index (χ4v) is 3.60. The van der Waals surface area contributed by atoms with E-state index >= 15 is 0 Å². The minimum absolute atomic E-state index is 0.0286. The standard InChI is InChI=1S/C23H27NO3/c1-5-16(3)19-8-6-7-9-21(19)27-23(26)18-13-22(25)24(14-18)20-11-10-15(2)12-17(20)4/h6-12,16,18H,5,13-14H2,1-4H3/t16-,18-/m0/s1. The maximum atomic E-state index is 12.7. The third kappa shape index (κ3) is 4.05. The van der Waals surface area contributed by atoms with Crippen LogP contribution in [0.3, 0.4) is 0 Å². The average molecular weight is 365 g/mol. The monoisotopic (exact) mass is 365 g/mol. The fourth-order valence-electron chi connectivity index (χ4n) is 3.60. The van der Waals surface area contributed by atoms with Gasteiger partial charge in [-0.05, 0) is 49.4 Å². The lowest BCUT2D eigenvalue weighted by Gasteiger charge is -2.20. The van der Waals surface area contributed by atoms with Gasteiger partial charge in [0.15, 0.2) is 0 Å². The number of ether oxygens (including phenoxy) is 1. The molecule has 1 fully saturated rings. The molecule has 0 unspecified atom stereocenters. The van der Waals surface area contributed by atoms with Crippen molar-refractivity contribution >= 4 is 17.6 Å². The number of hydrogen-bond donors (Lipinski definition) is 0. The molecule has 0 saturated carbocycles. The van der Waals surface area contributed by atoms with E-state index in [1.54, 1.807) is 4.90 Å². The van der Waals surface area contributed by atoms with E-state index in [2.05, 4.69) is 19.9 Å². The quantitative estimate of drug-likeness (QED) is 0.566. The summed E-state index contributed by atoms with van der Waals surface area (Å²) in [6.07, 6.45) is 1.16. The Balaban J connectivity index is 1.75. The largest absolute Gasteiger partial charge is 0.426 e. The van der Waals surface area contributed by atoms with E-state index in [9.17, 15) is 9.59 Å². The van der Waals surface area contributed by atoms with Crippen LogP contribution < -0.4 is 9.64 Å². The summed E-state index contributed by atoms with van der Waals surface area (Å²) < 4.78 is 5.72. The molecule has 0 aliphatic carbocycles. The van der Waals surface area contributed by atoms with Crippen molar-refractivity contribution in [3.05, 3.63) is 59.2 Å². The maximum Gasteiger partial charge on any atom is 0.316 e. The van der Waals surface area contributed by atoms with Crippen LogP contribution in [0.15, 0.2) is 42.5 Å². The summed E-state index contributed by atoms with van der Waals surface area (Å²) >= 11 is 0. The fraction of sp³-hybridized carbons (Fsp3) is 0.391. The molecule has 142 valence electrons. The highest BCUT2D eigenvalue weighted by Gasteiger charge is 2.37. The second-order valence-electron chi connectivity index (χ2n) is 7.46. The number of carbonyl (C=O) groups excluding carboxylic acids is 2. The van der Waals surface area contributed by atoms with Crippen molar-refractivity contribution in [2.24, 2.45) is 5.92 Å². The first-order valence-corrected chi connectivity index (χ1v) is 9.59. The van der Waals surface area contributed by atoms with Crippen LogP contribution in [0, 0.1) is 19.8 Å². The van der Waals surface area contributed by atoms with Gasteiger partial charge in [0.25, 0.3) is 0 Å². The second kappa shape index (κ2) is 7.95. The second-order valence-corrected chi connectivity index (χ2v) is 7.46. The molecule has 2 aromatic rings. The molecule has 1 heterocycles. The molecule has 2 aromatic carbocycles. The van der Waals surface area contributed by atoms with Gasteiger partial charge in [-0.25, -0.2) is 0 Å². The molecule has 1 amide bonds. The van der Waals surface area contributed by atoms with Gasteiger partial charge < -0.3 is 9.64 Å². The van der Waals surface area contributed by atoms with Gasteiger partial charge in [0, 0.05) is 18.7 Å². The molecular weight excluding hydrogens is 338 g/mol. The number of amides is 1. The summed E-state index contributed by atoms with van der Waals surface area (Å²) in [4.78, 5) is 27.0. The van der Waals surface area contributed by atoms with Crippen LogP contribution in [-0.2, 0) is 9.59 Å². The van der Waals surface area contributed by atoms with E-state index in [1.165, 1.54) is 0 Å². The molecular formula is C23H27NO3. The van der Waals surface area contributed by atoms with Crippen LogP contribution in [-0.4, -0.2) is 18.4 Å². The first-order chi connectivity index (χ1) is 12.9. The zero-order valence-electron chi connectivity index (χ0n) is 16.5. The van der Waals surface area contributed by atoms with Crippen LogP contribution in [0.2, 0.25) is 0 Å². The van der Waals surface area contributed by atoms with Crippen molar-refractivity contribution in [3.63, 3.8) is 0 Å². The highest BCUT2D eigenvalue weighted by Crippen LogP contribution is 2.32. The molecule has 27 heavy (non-hydrogen) atoms. The van der Waals surface area contributed by atoms with Gasteiger partial charge in [-0.2, -0.15) is 0 Å². The van der Waals surface area contributed by atoms with Crippen LogP contribution in [0.5, 0.6) is 5.75 Å². The lowest BCUT2D eigenvalue weighted by Crippen LogP contribution is -2.28. The Morgan fingerprint density at radius 1 is 1.22 bits per heavy atom. The van der Waals surface area contributed by atoms with Gasteiger partial charge in [-0.3, -0.25) is 9.59 Å². The van der Waals surface area contributed by atoms with Crippen molar-refractivity contribution in [1.29, 1.82) is 0 Å². The van der Waals surface area contributed by atoms with Gasteiger partial charge in [0.1, 0.15) is 5.75 Å². The van der Waals surface area contributed by atoms with Crippen molar-refractivity contribution in [3.8, 4) is 5.75 Å². The van der Waals surface area contributed by atoms with Crippen molar-refractivity contribution in [2.75, 3.05) is 11.4 Å². The Morgan fingerprint density at radius 2 is 1.96 bits per heavy atom. The molecule has 1 aliphatic heterocycles. The zero-order valence-corrected chi connectivity index (χ0v) is 16.5. The minimum atomic E-state index is -0.441. The lowest BCUT2D eigenvalue weighted by molar-refractivity contribution is -0.139. The predicted octanol–water partition coefficient (Wildman–Crippen LogP) is 4.78. The molecule has 4 nitrogen and oxygen atoms in total. The van der Waals surface area contributed by atoms with E-state index < -0.39 is 5.92 Å². The summed E-state index contributed by atoms with van der Waals surface area (Å²) in [7, 11) is 0. The van der Waals surface area contributed by atoms with Crippen molar-refractivity contribution in [1.82, 2.24) is 0 Å². The topological polar surface area (TPSA) is 46.6 Å². The molecule has 4 heteroatoms. The number of hydrogen-bond acceptors (Lipinski definition) is 3. The predicted molar refractivity (Wildman–Crippen MR) is 107 cm³/mol. The van der Waals surface area contributed by atoms with Gasteiger partial charge in [0.05, 0.1) is 5.92 Å². The van der Waals surface area contributed by atoms with E-state index in [-0.39, 0.29) is 18.3 Å². The number of aryl methyl sites for hydroxylation is 2. The van der Waals surface area contributed by atoms with E-state index in [0.717, 1.165) is 28.8 Å². The molecule has 0 radical (unpaired) electrons. The summed E-state index contributed by atoms with van der Waals surface area (Å²) in [6.45, 7) is 8.61. The SMILES string of the molecule is CC[C@H](C)c1ccccc1OC(=O)[C@H]1CC(=O)N(c2ccc(C)cc2C)C1. The highest BCUT2D eigenvalue weighted by molar-refractivity contribution is 6.00. The molecule has 1 aliphatic rings. The number of nitrogens with zero attached hydrogens (tertiary/aromatic N) is 1. The summed E-state index contributed by atoms with van der Waals surface area (Å²) in [5, 5.41) is 0. The third-order valence-electron chi connectivity index (χ3n) is 5.37. The van der Waals surface area contributed by atoms with Crippen LogP contribution in [0.25, 0.3) is 0 Å². The lowest BCUT2D eigenvalue weighted by atomic mass is 9.98. The average Bonchev–Trinajstić information content (AvgIpc) is 3.03. The number of benzene rings is 2. The number of para-hydroxylation sites is 1. The summed E-state index contributed by atoms with van der Waals surface area (Å²) in [5.74, 6) is 0.119. The molecule has 3 rings (SSSR count). The highest BCUT2D eigenvalue weighted by atomic mass is 16.5. The zero-order chi connectivity index (χ0) is 19.6. The number of anilines is 1. The number of rotatable bonds is 5. The van der Waals surface area contributed by atoms with Crippen molar-refractivity contribution in [2.45, 2.75) is 46.5 Å². The molecule has 1 saturated heterocycles. The summed E-state index contributed by atoms with van der Waals surface area (Å²) in [5.41, 5.74) is 4.10. The maximum absolute atomic E-state index is 12.7. The number of carbonyl (C=O) groups is 2. The first-order valence-electron chi connectivity index (χ1n) is 9.59. The third-order valence-corrected chi connectivity index (χ3v) is 5.37. The van der Waals surface area contributed by atoms with E-state index in [1.807, 2.05) is 50.2 Å². The van der Waals surface area contributed by atoms with Gasteiger partial charge in [0.2, 0.25) is 5.91 Å². The Labute approximate surface area is 161 Å². The van der Waals surface area contributed by atoms with Crippen LogP contribution >= 0.6 is 0 Å². The first kappa shape index (κ1) is 19.2. The molecule has 0 N–H and O–H groups in total. The van der Waals surface area contributed by atoms with Crippen LogP contribution in [0.1, 0.15) is 49.3 Å². The molecule has 0 bridgehead atoms. The van der Waals surface area contributed by atoms with Crippen LogP contribution in [0.4, 0.5) is 5.69 Å². The normalized spacial score (nSPS) is 17.9. The van der Waals surface area contributed by atoms with E-state index in [0.29, 0.717) is 18.2 Å². The molecule has 0 spiro atoms. The number of esters is 1. The Morgan fingerprint density at radius 3 is 2.67 bits per heavy atom. The molecule has 2 atom stereocenters. The van der Waals surface area contributed by atoms with Gasteiger partial charge in [-0.1, -0.05) is 49.7 Å². The smallest absolute Gasteiger partial charge is 0.316 e. The van der Waals surface area contributed by atoms with Gasteiger partial charge in [-0.15, -0.1) is 0 Å². The summed E-state index contributed by atoms with van der Waals surface area (Å²) in [6, 6.07) is 13.7. The van der Waals surface area contributed by atoms with Crippen molar-refractivity contribution < 1.29 is 14.3 Å². The Hall–Kier alpha value is -2.62.